The van der Waals surface area contributed by atoms with Gasteiger partial charge in [-0.1, -0.05) is 62.2 Å². The number of nitrogens with zero attached hydrogens (tertiary/aromatic N) is 2. The summed E-state index contributed by atoms with van der Waals surface area (Å²) in [6.07, 6.45) is 1.69. The van der Waals surface area contributed by atoms with Gasteiger partial charge in [0.15, 0.2) is 5.82 Å². The highest BCUT2D eigenvalue weighted by molar-refractivity contribution is 7.92. The van der Waals surface area contributed by atoms with Crippen molar-refractivity contribution in [3.05, 3.63) is 75.9 Å². The first-order valence-corrected chi connectivity index (χ1v) is 10.9. The zero-order valence-corrected chi connectivity index (χ0v) is 18.1. The molecule has 0 radical (unpaired) electrons. The lowest BCUT2D eigenvalue weighted by molar-refractivity contribution is 0.587. The second kappa shape index (κ2) is 7.78. The Labute approximate surface area is 175 Å². The Kier molecular flexibility index (Phi) is 5.75. The maximum atomic E-state index is 12.6. The van der Waals surface area contributed by atoms with E-state index in [4.69, 9.17) is 23.2 Å². The minimum absolute atomic E-state index is 0.0442. The van der Waals surface area contributed by atoms with Crippen LogP contribution in [0.3, 0.4) is 0 Å². The normalized spacial score (nSPS) is 12.2. The molecule has 0 aliphatic heterocycles. The van der Waals surface area contributed by atoms with Gasteiger partial charge in [-0.2, -0.15) is 5.10 Å². The van der Waals surface area contributed by atoms with Gasteiger partial charge in [-0.3, -0.25) is 9.40 Å². The predicted molar refractivity (Wildman–Crippen MR) is 114 cm³/mol. The molecule has 0 saturated heterocycles. The molecule has 1 aromatic heterocycles. The third kappa shape index (κ3) is 4.87. The molecule has 148 valence electrons. The molecule has 0 unspecified atom stereocenters. The zero-order chi connectivity index (χ0) is 20.5. The number of hydrogen-bond donors (Lipinski definition) is 1. The maximum absolute atomic E-state index is 12.6. The molecule has 1 N–H and O–H groups in total. The maximum Gasteiger partial charge on any atom is 0.263 e. The predicted octanol–water partition coefficient (Wildman–Crippen LogP) is 5.34. The SMILES string of the molecule is CC(C)(C)c1ccc(S(=O)(=O)Nc2ccn(Cc3ccc(Cl)cc3Cl)n2)cc1. The standard InChI is InChI=1S/C20H21Cl2N3O2S/c1-20(2,3)15-5-8-17(9-6-15)28(26,27)24-19-10-11-25(23-19)13-14-4-7-16(21)12-18(14)22/h4-12H,13H2,1-3H3,(H,23,24). The smallest absolute Gasteiger partial charge is 0.263 e. The molecule has 0 bridgehead atoms. The van der Waals surface area contributed by atoms with Crippen LogP contribution in [0.25, 0.3) is 0 Å². The first-order chi connectivity index (χ1) is 13.0. The summed E-state index contributed by atoms with van der Waals surface area (Å²) < 4.78 is 29.4. The molecule has 0 aliphatic rings. The van der Waals surface area contributed by atoms with E-state index in [-0.39, 0.29) is 16.1 Å². The Morgan fingerprint density at radius 1 is 1.04 bits per heavy atom. The molecule has 2 aromatic carbocycles. The van der Waals surface area contributed by atoms with Crippen LogP contribution in [0.1, 0.15) is 31.9 Å². The average Bonchev–Trinajstić information content (AvgIpc) is 3.03. The Morgan fingerprint density at radius 3 is 2.32 bits per heavy atom. The monoisotopic (exact) mass is 437 g/mol. The summed E-state index contributed by atoms with van der Waals surface area (Å²) in [5.41, 5.74) is 1.86. The van der Waals surface area contributed by atoms with Gasteiger partial charge in [-0.05, 0) is 40.8 Å². The molecule has 3 aromatic rings. The Balaban J connectivity index is 1.75. The summed E-state index contributed by atoms with van der Waals surface area (Å²) in [4.78, 5) is 0.191. The molecule has 0 fully saturated rings. The van der Waals surface area contributed by atoms with Crippen LogP contribution < -0.4 is 4.72 Å². The summed E-state index contributed by atoms with van der Waals surface area (Å²) in [6.45, 7) is 6.63. The molecule has 5 nitrogen and oxygen atoms in total. The lowest BCUT2D eigenvalue weighted by atomic mass is 9.87. The quantitative estimate of drug-likeness (QED) is 0.585. The largest absolute Gasteiger partial charge is 0.266 e. The van der Waals surface area contributed by atoms with E-state index >= 15 is 0 Å². The van der Waals surface area contributed by atoms with Crippen LogP contribution in [0.2, 0.25) is 10.0 Å². The number of sulfonamides is 1. The molecule has 3 rings (SSSR count). The van der Waals surface area contributed by atoms with Crippen LogP contribution in [0.4, 0.5) is 5.82 Å². The summed E-state index contributed by atoms with van der Waals surface area (Å²) in [7, 11) is -3.72. The minimum atomic E-state index is -3.72. The lowest BCUT2D eigenvalue weighted by Gasteiger charge is -2.19. The number of hydrogen-bond acceptors (Lipinski definition) is 3. The van der Waals surface area contributed by atoms with E-state index in [0.29, 0.717) is 16.6 Å². The third-order valence-corrected chi connectivity index (χ3v) is 6.22. The molecule has 0 atom stereocenters. The molecule has 0 amide bonds. The first kappa shape index (κ1) is 20.7. The van der Waals surface area contributed by atoms with Gasteiger partial charge in [-0.25, -0.2) is 8.42 Å². The second-order valence-corrected chi connectivity index (χ2v) is 10.0. The summed E-state index contributed by atoms with van der Waals surface area (Å²) in [5.74, 6) is 0.241. The van der Waals surface area contributed by atoms with E-state index in [1.54, 1.807) is 41.2 Å². The van der Waals surface area contributed by atoms with E-state index in [1.807, 2.05) is 18.2 Å². The van der Waals surface area contributed by atoms with Gasteiger partial charge in [0, 0.05) is 22.3 Å². The fourth-order valence-electron chi connectivity index (χ4n) is 2.66. The average molecular weight is 438 g/mol. The fraction of sp³-hybridized carbons (Fsp3) is 0.250. The Bertz CT molecular complexity index is 1090. The second-order valence-electron chi connectivity index (χ2n) is 7.51. The molecule has 28 heavy (non-hydrogen) atoms. The van der Waals surface area contributed by atoms with Crippen LogP contribution in [-0.2, 0) is 22.0 Å². The number of aromatic nitrogens is 2. The van der Waals surface area contributed by atoms with Crippen molar-refractivity contribution in [3.8, 4) is 0 Å². The van der Waals surface area contributed by atoms with E-state index in [1.165, 1.54) is 0 Å². The van der Waals surface area contributed by atoms with Gasteiger partial charge in [0.25, 0.3) is 10.0 Å². The van der Waals surface area contributed by atoms with E-state index in [2.05, 4.69) is 30.6 Å². The lowest BCUT2D eigenvalue weighted by Crippen LogP contribution is -2.15. The van der Waals surface area contributed by atoms with Gasteiger partial charge in [0.05, 0.1) is 11.4 Å². The van der Waals surface area contributed by atoms with Gasteiger partial charge >= 0.3 is 0 Å². The summed E-state index contributed by atoms with van der Waals surface area (Å²) >= 11 is 12.1. The van der Waals surface area contributed by atoms with E-state index in [9.17, 15) is 8.42 Å². The van der Waals surface area contributed by atoms with Crippen molar-refractivity contribution in [2.24, 2.45) is 0 Å². The van der Waals surface area contributed by atoms with Gasteiger partial charge in [-0.15, -0.1) is 0 Å². The van der Waals surface area contributed by atoms with Crippen molar-refractivity contribution in [2.75, 3.05) is 4.72 Å². The highest BCUT2D eigenvalue weighted by Crippen LogP contribution is 2.25. The van der Waals surface area contributed by atoms with Crippen molar-refractivity contribution in [2.45, 2.75) is 37.6 Å². The molecular weight excluding hydrogens is 417 g/mol. The number of nitrogens with one attached hydrogen (secondary N) is 1. The molecular formula is C20H21Cl2N3O2S. The van der Waals surface area contributed by atoms with Gasteiger partial charge in [0.1, 0.15) is 0 Å². The van der Waals surface area contributed by atoms with Crippen LogP contribution in [-0.4, -0.2) is 18.2 Å². The van der Waals surface area contributed by atoms with Crippen molar-refractivity contribution in [3.63, 3.8) is 0 Å². The molecule has 0 saturated carbocycles. The molecule has 1 heterocycles. The summed E-state index contributed by atoms with van der Waals surface area (Å²) in [6, 6.07) is 13.7. The Morgan fingerprint density at radius 2 is 1.71 bits per heavy atom. The number of anilines is 1. The first-order valence-electron chi connectivity index (χ1n) is 8.65. The third-order valence-electron chi connectivity index (χ3n) is 4.26. The van der Waals surface area contributed by atoms with Crippen molar-refractivity contribution < 1.29 is 8.42 Å². The Hall–Kier alpha value is -2.02. The van der Waals surface area contributed by atoms with Crippen LogP contribution in [0, 0.1) is 0 Å². The van der Waals surface area contributed by atoms with Crippen molar-refractivity contribution >= 4 is 39.0 Å². The number of rotatable bonds is 5. The highest BCUT2D eigenvalue weighted by Gasteiger charge is 2.18. The minimum Gasteiger partial charge on any atom is -0.266 e. The summed E-state index contributed by atoms with van der Waals surface area (Å²) in [5, 5.41) is 5.36. The topological polar surface area (TPSA) is 64.0 Å². The van der Waals surface area contributed by atoms with Gasteiger partial charge in [0.2, 0.25) is 0 Å². The van der Waals surface area contributed by atoms with Crippen molar-refractivity contribution in [1.29, 1.82) is 0 Å². The van der Waals surface area contributed by atoms with Crippen molar-refractivity contribution in [1.82, 2.24) is 9.78 Å². The van der Waals surface area contributed by atoms with Crippen LogP contribution in [0.15, 0.2) is 59.6 Å². The van der Waals surface area contributed by atoms with Crippen LogP contribution >= 0.6 is 23.2 Å². The van der Waals surface area contributed by atoms with E-state index < -0.39 is 10.0 Å². The van der Waals surface area contributed by atoms with E-state index in [0.717, 1.165) is 11.1 Å². The number of benzene rings is 2. The van der Waals surface area contributed by atoms with Gasteiger partial charge < -0.3 is 0 Å². The highest BCUT2D eigenvalue weighted by atomic mass is 35.5. The fourth-order valence-corrected chi connectivity index (χ4v) is 4.12. The molecule has 8 heteroatoms. The molecule has 0 aliphatic carbocycles. The van der Waals surface area contributed by atoms with Crippen LogP contribution in [0.5, 0.6) is 0 Å². The number of halogens is 2. The zero-order valence-electron chi connectivity index (χ0n) is 15.8. The molecule has 0 spiro atoms.